The number of amides is 1. The molecule has 0 aliphatic carbocycles. The average molecular weight is 190 g/mol. The van der Waals surface area contributed by atoms with Gasteiger partial charge in [0, 0.05) is 27.8 Å². The van der Waals surface area contributed by atoms with Crippen molar-refractivity contribution in [3.8, 4) is 0 Å². The van der Waals surface area contributed by atoms with E-state index in [9.17, 15) is 4.79 Å². The van der Waals surface area contributed by atoms with Gasteiger partial charge < -0.3 is 20.1 Å². The first-order valence-electron chi connectivity index (χ1n) is 4.16. The molecule has 0 saturated heterocycles. The number of methoxy groups -OCH3 is 2. The summed E-state index contributed by atoms with van der Waals surface area (Å²) in [5, 5.41) is 5.51. The standard InChI is InChI=1S/C8H18N2O3/c1-6(8(11)9-2)10-5-7(12-3)13-4/h6-7,10H,5H2,1-4H3,(H,9,11). The molecule has 0 aromatic rings. The minimum absolute atomic E-state index is 0.0500. The Labute approximate surface area is 78.8 Å². The van der Waals surface area contributed by atoms with Crippen molar-refractivity contribution in [2.75, 3.05) is 27.8 Å². The third-order valence-electron chi connectivity index (χ3n) is 1.76. The van der Waals surface area contributed by atoms with Crippen LogP contribution in [0.25, 0.3) is 0 Å². The zero-order chi connectivity index (χ0) is 10.3. The lowest BCUT2D eigenvalue weighted by Crippen LogP contribution is -2.44. The van der Waals surface area contributed by atoms with E-state index in [2.05, 4.69) is 10.6 Å². The van der Waals surface area contributed by atoms with Crippen LogP contribution < -0.4 is 10.6 Å². The van der Waals surface area contributed by atoms with Gasteiger partial charge in [-0.3, -0.25) is 4.79 Å². The Bertz CT molecular complexity index is 148. The van der Waals surface area contributed by atoms with Gasteiger partial charge >= 0.3 is 0 Å². The van der Waals surface area contributed by atoms with E-state index in [0.717, 1.165) is 0 Å². The first-order chi connectivity index (χ1) is 6.15. The summed E-state index contributed by atoms with van der Waals surface area (Å²) in [6.07, 6.45) is -0.313. The summed E-state index contributed by atoms with van der Waals surface area (Å²) in [7, 11) is 4.71. The summed E-state index contributed by atoms with van der Waals surface area (Å²) in [4.78, 5) is 11.0. The summed E-state index contributed by atoms with van der Waals surface area (Å²) in [6.45, 7) is 2.27. The Morgan fingerprint density at radius 3 is 2.31 bits per heavy atom. The summed E-state index contributed by atoms with van der Waals surface area (Å²) in [5.41, 5.74) is 0. The van der Waals surface area contributed by atoms with Crippen LogP contribution in [-0.2, 0) is 14.3 Å². The molecule has 78 valence electrons. The molecular formula is C8H18N2O3. The molecule has 13 heavy (non-hydrogen) atoms. The minimum Gasteiger partial charge on any atom is -0.358 e. The van der Waals surface area contributed by atoms with Gasteiger partial charge in [-0.05, 0) is 6.92 Å². The zero-order valence-corrected chi connectivity index (χ0v) is 8.59. The largest absolute Gasteiger partial charge is 0.358 e. The molecule has 1 unspecified atom stereocenters. The Hall–Kier alpha value is -0.650. The van der Waals surface area contributed by atoms with Gasteiger partial charge in [-0.1, -0.05) is 0 Å². The van der Waals surface area contributed by atoms with E-state index in [1.165, 1.54) is 0 Å². The predicted molar refractivity (Wildman–Crippen MR) is 49.3 cm³/mol. The van der Waals surface area contributed by atoms with Crippen molar-refractivity contribution in [3.05, 3.63) is 0 Å². The van der Waals surface area contributed by atoms with Gasteiger partial charge in [0.15, 0.2) is 6.29 Å². The molecule has 0 aromatic carbocycles. The molecule has 1 atom stereocenters. The fourth-order valence-corrected chi connectivity index (χ4v) is 0.845. The lowest BCUT2D eigenvalue weighted by atomic mass is 10.3. The Morgan fingerprint density at radius 1 is 1.38 bits per heavy atom. The number of carbonyl (C=O) groups excluding carboxylic acids is 1. The second-order valence-electron chi connectivity index (χ2n) is 2.65. The van der Waals surface area contributed by atoms with Crippen LogP contribution in [-0.4, -0.2) is 46.1 Å². The molecule has 1 amide bonds. The summed E-state index contributed by atoms with van der Waals surface area (Å²) >= 11 is 0. The van der Waals surface area contributed by atoms with Crippen molar-refractivity contribution in [2.45, 2.75) is 19.3 Å². The molecule has 0 heterocycles. The fourth-order valence-electron chi connectivity index (χ4n) is 0.845. The summed E-state index contributed by atoms with van der Waals surface area (Å²) in [6, 6.07) is -0.238. The number of carbonyl (C=O) groups is 1. The van der Waals surface area contributed by atoms with E-state index in [1.54, 1.807) is 28.2 Å². The van der Waals surface area contributed by atoms with Gasteiger partial charge in [-0.25, -0.2) is 0 Å². The number of likely N-dealkylation sites (N-methyl/N-ethyl adjacent to an activating group) is 1. The van der Waals surface area contributed by atoms with E-state index in [4.69, 9.17) is 9.47 Å². The lowest BCUT2D eigenvalue weighted by Gasteiger charge is -2.17. The molecule has 0 spiro atoms. The van der Waals surface area contributed by atoms with Gasteiger partial charge in [-0.2, -0.15) is 0 Å². The van der Waals surface area contributed by atoms with Crippen LogP contribution in [0.5, 0.6) is 0 Å². The summed E-state index contributed by atoms with van der Waals surface area (Å²) < 4.78 is 9.89. The number of hydrogen-bond acceptors (Lipinski definition) is 4. The van der Waals surface area contributed by atoms with Crippen molar-refractivity contribution in [1.82, 2.24) is 10.6 Å². The Morgan fingerprint density at radius 2 is 1.92 bits per heavy atom. The Balaban J connectivity index is 3.67. The molecule has 0 fully saturated rings. The maximum atomic E-state index is 11.0. The fraction of sp³-hybridized carbons (Fsp3) is 0.875. The van der Waals surface area contributed by atoms with E-state index in [0.29, 0.717) is 6.54 Å². The molecule has 0 radical (unpaired) electrons. The predicted octanol–water partition coefficient (Wildman–Crippen LogP) is -0.671. The maximum Gasteiger partial charge on any atom is 0.236 e. The van der Waals surface area contributed by atoms with Crippen LogP contribution in [0.1, 0.15) is 6.92 Å². The van der Waals surface area contributed by atoms with Gasteiger partial charge in [0.05, 0.1) is 6.04 Å². The molecule has 0 aromatic heterocycles. The number of ether oxygens (including phenoxy) is 2. The second kappa shape index (κ2) is 6.82. The van der Waals surface area contributed by atoms with Gasteiger partial charge in [0.25, 0.3) is 0 Å². The van der Waals surface area contributed by atoms with E-state index >= 15 is 0 Å². The Kier molecular flexibility index (Phi) is 6.48. The third-order valence-corrected chi connectivity index (χ3v) is 1.76. The van der Waals surface area contributed by atoms with Crippen molar-refractivity contribution in [1.29, 1.82) is 0 Å². The second-order valence-corrected chi connectivity index (χ2v) is 2.65. The lowest BCUT2D eigenvalue weighted by molar-refractivity contribution is -0.124. The van der Waals surface area contributed by atoms with E-state index in [1.807, 2.05) is 0 Å². The maximum absolute atomic E-state index is 11.0. The quantitative estimate of drug-likeness (QED) is 0.545. The van der Waals surface area contributed by atoms with Crippen molar-refractivity contribution < 1.29 is 14.3 Å². The van der Waals surface area contributed by atoms with E-state index in [-0.39, 0.29) is 18.2 Å². The summed E-state index contributed by atoms with van der Waals surface area (Å²) in [5.74, 6) is -0.0500. The monoisotopic (exact) mass is 190 g/mol. The van der Waals surface area contributed by atoms with Crippen molar-refractivity contribution in [3.63, 3.8) is 0 Å². The van der Waals surface area contributed by atoms with Gasteiger partial charge in [0.2, 0.25) is 5.91 Å². The van der Waals surface area contributed by atoms with Crippen LogP contribution in [0.15, 0.2) is 0 Å². The molecule has 0 saturated carbocycles. The van der Waals surface area contributed by atoms with Crippen LogP contribution in [0.3, 0.4) is 0 Å². The van der Waals surface area contributed by atoms with E-state index < -0.39 is 0 Å². The molecule has 5 nitrogen and oxygen atoms in total. The molecule has 0 bridgehead atoms. The third kappa shape index (κ3) is 4.82. The van der Waals surface area contributed by atoms with Gasteiger partial charge in [-0.15, -0.1) is 0 Å². The first-order valence-corrected chi connectivity index (χ1v) is 4.16. The zero-order valence-electron chi connectivity index (χ0n) is 8.59. The average Bonchev–Trinajstić information content (AvgIpc) is 2.17. The van der Waals surface area contributed by atoms with Crippen molar-refractivity contribution >= 4 is 5.91 Å². The molecular weight excluding hydrogens is 172 g/mol. The smallest absolute Gasteiger partial charge is 0.236 e. The van der Waals surface area contributed by atoms with Crippen LogP contribution in [0, 0.1) is 0 Å². The van der Waals surface area contributed by atoms with Crippen molar-refractivity contribution in [2.24, 2.45) is 0 Å². The highest BCUT2D eigenvalue weighted by molar-refractivity contribution is 5.80. The molecule has 2 N–H and O–H groups in total. The van der Waals surface area contributed by atoms with Crippen LogP contribution >= 0.6 is 0 Å². The normalized spacial score (nSPS) is 13.0. The highest BCUT2D eigenvalue weighted by Crippen LogP contribution is 1.89. The highest BCUT2D eigenvalue weighted by Gasteiger charge is 2.12. The van der Waals surface area contributed by atoms with Crippen LogP contribution in [0.2, 0.25) is 0 Å². The number of nitrogens with one attached hydrogen (secondary N) is 2. The SMILES string of the molecule is CNC(=O)C(C)NCC(OC)OC. The minimum atomic E-state index is -0.313. The molecule has 5 heteroatoms. The highest BCUT2D eigenvalue weighted by atomic mass is 16.7. The molecule has 0 aliphatic rings. The topological polar surface area (TPSA) is 59.6 Å². The van der Waals surface area contributed by atoms with Gasteiger partial charge in [0.1, 0.15) is 0 Å². The number of hydrogen-bond donors (Lipinski definition) is 2. The first kappa shape index (κ1) is 12.3. The molecule has 0 aliphatic heterocycles. The molecule has 0 rings (SSSR count). The number of rotatable bonds is 6. The van der Waals surface area contributed by atoms with Crippen LogP contribution in [0.4, 0.5) is 0 Å².